The molecule has 0 aliphatic carbocycles. The first kappa shape index (κ1) is 21.0. The van der Waals surface area contributed by atoms with Crippen LogP contribution in [0.25, 0.3) is 37.0 Å². The van der Waals surface area contributed by atoms with Crippen LogP contribution in [0.4, 0.5) is 5.69 Å². The molecule has 1 N–H and O–H groups in total. The van der Waals surface area contributed by atoms with Crippen LogP contribution in [0, 0.1) is 0 Å². The van der Waals surface area contributed by atoms with Crippen LogP contribution in [-0.2, 0) is 4.79 Å². The molecule has 3 aromatic heterocycles. The van der Waals surface area contributed by atoms with Crippen LogP contribution >= 0.6 is 34.4 Å². The van der Waals surface area contributed by atoms with Crippen LogP contribution in [0.2, 0.25) is 0 Å². The van der Waals surface area contributed by atoms with Crippen molar-refractivity contribution in [3.05, 3.63) is 84.2 Å². The van der Waals surface area contributed by atoms with E-state index in [2.05, 4.69) is 39.1 Å². The van der Waals surface area contributed by atoms with Crippen molar-refractivity contribution in [1.82, 2.24) is 19.6 Å². The summed E-state index contributed by atoms with van der Waals surface area (Å²) >= 11 is 4.58. The van der Waals surface area contributed by atoms with E-state index in [0.717, 1.165) is 42.7 Å². The number of rotatable bonds is 6. The third-order valence-electron chi connectivity index (χ3n) is 5.23. The summed E-state index contributed by atoms with van der Waals surface area (Å²) < 4.78 is 3.17. The monoisotopic (exact) mass is 499 g/mol. The Kier molecular flexibility index (Phi) is 5.58. The Hall–Kier alpha value is -3.53. The Bertz CT molecular complexity index is 1570. The molecule has 3 heterocycles. The van der Waals surface area contributed by atoms with Gasteiger partial charge in [0.25, 0.3) is 0 Å². The highest BCUT2D eigenvalue weighted by molar-refractivity contribution is 7.99. The van der Waals surface area contributed by atoms with Gasteiger partial charge in [-0.1, -0.05) is 54.2 Å². The zero-order chi connectivity index (χ0) is 22.9. The first-order valence-corrected chi connectivity index (χ1v) is 13.2. The Morgan fingerprint density at radius 1 is 0.912 bits per heavy atom. The van der Waals surface area contributed by atoms with Crippen LogP contribution in [0.15, 0.2) is 89.4 Å². The number of fused-ring (bicyclic) bond motifs is 2. The van der Waals surface area contributed by atoms with Crippen molar-refractivity contribution >= 4 is 61.2 Å². The first-order valence-electron chi connectivity index (χ1n) is 10.5. The molecule has 0 aliphatic rings. The highest BCUT2D eigenvalue weighted by atomic mass is 32.2. The van der Waals surface area contributed by atoms with Crippen molar-refractivity contribution in [2.75, 3.05) is 11.1 Å². The van der Waals surface area contributed by atoms with Crippen LogP contribution in [-0.4, -0.2) is 31.2 Å². The van der Waals surface area contributed by atoms with Gasteiger partial charge in [0, 0.05) is 16.6 Å². The number of amides is 1. The number of thioether (sulfide) groups is 1. The van der Waals surface area contributed by atoms with Gasteiger partial charge in [-0.15, -0.1) is 32.9 Å². The fourth-order valence-electron chi connectivity index (χ4n) is 3.62. The predicted molar refractivity (Wildman–Crippen MR) is 141 cm³/mol. The molecular formula is C25H17N5OS3. The molecule has 166 valence electrons. The minimum Gasteiger partial charge on any atom is -0.325 e. The van der Waals surface area contributed by atoms with E-state index < -0.39 is 0 Å². The molecule has 6 rings (SSSR count). The molecular weight excluding hydrogens is 483 g/mol. The van der Waals surface area contributed by atoms with Gasteiger partial charge in [0.1, 0.15) is 5.01 Å². The van der Waals surface area contributed by atoms with Crippen molar-refractivity contribution in [2.24, 2.45) is 0 Å². The topological polar surface area (TPSA) is 72.2 Å². The second kappa shape index (κ2) is 9.02. The number of para-hydroxylation sites is 1. The van der Waals surface area contributed by atoms with E-state index in [0.29, 0.717) is 5.16 Å². The third kappa shape index (κ3) is 4.09. The van der Waals surface area contributed by atoms with Crippen molar-refractivity contribution in [2.45, 2.75) is 5.16 Å². The summed E-state index contributed by atoms with van der Waals surface area (Å²) in [7, 11) is 0. The quantitative estimate of drug-likeness (QED) is 0.266. The normalized spacial score (nSPS) is 11.3. The Labute approximate surface area is 207 Å². The standard InChI is InChI=1S/C25H17N5OS3/c31-22(15-33-25-29-28-24-30(25)20(14-32-24)16-6-2-1-3-7-16)26-18-12-10-17(11-13-18)23-27-19-8-4-5-9-21(19)34-23/h1-14H,15H2,(H,26,31). The molecule has 0 aliphatic heterocycles. The van der Waals surface area contributed by atoms with Gasteiger partial charge in [-0.3, -0.25) is 9.20 Å². The number of hydrogen-bond acceptors (Lipinski definition) is 7. The van der Waals surface area contributed by atoms with Crippen LogP contribution < -0.4 is 5.32 Å². The van der Waals surface area contributed by atoms with Gasteiger partial charge in [0.2, 0.25) is 10.9 Å². The van der Waals surface area contributed by atoms with Gasteiger partial charge in [0.05, 0.1) is 21.7 Å². The van der Waals surface area contributed by atoms with E-state index in [-0.39, 0.29) is 11.7 Å². The molecule has 0 unspecified atom stereocenters. The number of anilines is 1. The van der Waals surface area contributed by atoms with Crippen molar-refractivity contribution in [3.8, 4) is 21.8 Å². The number of benzene rings is 3. The van der Waals surface area contributed by atoms with E-state index in [1.165, 1.54) is 23.1 Å². The summed E-state index contributed by atoms with van der Waals surface area (Å²) in [6, 6.07) is 26.0. The average molecular weight is 500 g/mol. The lowest BCUT2D eigenvalue weighted by Crippen LogP contribution is -2.14. The van der Waals surface area contributed by atoms with Crippen LogP contribution in [0.1, 0.15) is 0 Å². The van der Waals surface area contributed by atoms with Crippen molar-refractivity contribution < 1.29 is 4.79 Å². The van der Waals surface area contributed by atoms with E-state index in [9.17, 15) is 4.79 Å². The fourth-order valence-corrected chi connectivity index (χ4v) is 6.23. The maximum Gasteiger partial charge on any atom is 0.234 e. The highest BCUT2D eigenvalue weighted by Crippen LogP contribution is 2.31. The third-order valence-corrected chi connectivity index (χ3v) is 8.06. The van der Waals surface area contributed by atoms with Crippen molar-refractivity contribution in [3.63, 3.8) is 0 Å². The number of carbonyl (C=O) groups excluding carboxylic acids is 1. The maximum absolute atomic E-state index is 12.6. The Morgan fingerprint density at radius 2 is 1.71 bits per heavy atom. The van der Waals surface area contributed by atoms with Gasteiger partial charge in [-0.05, 0) is 42.0 Å². The number of thiazole rings is 2. The summed E-state index contributed by atoms with van der Waals surface area (Å²) in [6.07, 6.45) is 0. The van der Waals surface area contributed by atoms with E-state index in [4.69, 9.17) is 4.98 Å². The maximum atomic E-state index is 12.6. The fraction of sp³-hybridized carbons (Fsp3) is 0.0400. The van der Waals surface area contributed by atoms with Crippen LogP contribution in [0.5, 0.6) is 0 Å². The molecule has 0 atom stereocenters. The summed E-state index contributed by atoms with van der Waals surface area (Å²) in [4.78, 5) is 18.1. The number of nitrogens with one attached hydrogen (secondary N) is 1. The van der Waals surface area contributed by atoms with Gasteiger partial charge < -0.3 is 5.32 Å². The zero-order valence-corrected chi connectivity index (χ0v) is 20.2. The smallest absolute Gasteiger partial charge is 0.234 e. The lowest BCUT2D eigenvalue weighted by Gasteiger charge is -2.06. The van der Waals surface area contributed by atoms with Crippen LogP contribution in [0.3, 0.4) is 0 Å². The number of aromatic nitrogens is 4. The molecule has 0 radical (unpaired) electrons. The molecule has 9 heteroatoms. The lowest BCUT2D eigenvalue weighted by molar-refractivity contribution is -0.113. The molecule has 1 amide bonds. The lowest BCUT2D eigenvalue weighted by atomic mass is 10.2. The van der Waals surface area contributed by atoms with Crippen molar-refractivity contribution in [1.29, 1.82) is 0 Å². The van der Waals surface area contributed by atoms with Gasteiger partial charge >= 0.3 is 0 Å². The van der Waals surface area contributed by atoms with E-state index in [1.54, 1.807) is 11.3 Å². The summed E-state index contributed by atoms with van der Waals surface area (Å²) in [6.45, 7) is 0. The highest BCUT2D eigenvalue weighted by Gasteiger charge is 2.15. The molecule has 0 bridgehead atoms. The molecule has 6 nitrogen and oxygen atoms in total. The SMILES string of the molecule is O=C(CSc1nnc2scc(-c3ccccc3)n12)Nc1ccc(-c2nc3ccccc3s2)cc1. The molecule has 0 spiro atoms. The zero-order valence-electron chi connectivity index (χ0n) is 17.7. The Balaban J connectivity index is 1.13. The second-order valence-corrected chi connectivity index (χ2v) is 10.3. The second-order valence-electron chi connectivity index (χ2n) is 7.49. The summed E-state index contributed by atoms with van der Waals surface area (Å²) in [5, 5.41) is 15.2. The summed E-state index contributed by atoms with van der Waals surface area (Å²) in [5.74, 6) is 0.149. The summed E-state index contributed by atoms with van der Waals surface area (Å²) in [5.41, 5.74) is 4.90. The average Bonchev–Trinajstić information content (AvgIpc) is 3.59. The number of hydrogen-bond donors (Lipinski definition) is 1. The minimum absolute atomic E-state index is 0.0917. The largest absolute Gasteiger partial charge is 0.325 e. The number of carbonyl (C=O) groups is 1. The minimum atomic E-state index is -0.0917. The molecule has 6 aromatic rings. The molecule has 34 heavy (non-hydrogen) atoms. The van der Waals surface area contributed by atoms with E-state index in [1.807, 2.05) is 65.1 Å². The first-order chi connectivity index (χ1) is 16.7. The number of nitrogens with zero attached hydrogens (tertiary/aromatic N) is 4. The van der Waals surface area contributed by atoms with Gasteiger partial charge in [-0.25, -0.2) is 4.98 Å². The van der Waals surface area contributed by atoms with Gasteiger partial charge in [-0.2, -0.15) is 0 Å². The van der Waals surface area contributed by atoms with Gasteiger partial charge in [0.15, 0.2) is 5.16 Å². The Morgan fingerprint density at radius 3 is 2.53 bits per heavy atom. The molecule has 0 saturated carbocycles. The molecule has 3 aromatic carbocycles. The van der Waals surface area contributed by atoms with E-state index >= 15 is 0 Å². The predicted octanol–water partition coefficient (Wildman–Crippen LogP) is 6.47. The molecule has 0 saturated heterocycles. The molecule has 0 fully saturated rings.